The predicted octanol–water partition coefficient (Wildman–Crippen LogP) is 3.09. The average molecular weight is 289 g/mol. The highest BCUT2D eigenvalue weighted by atomic mass is 32.1. The van der Waals surface area contributed by atoms with Crippen molar-refractivity contribution in [1.29, 1.82) is 0 Å². The van der Waals surface area contributed by atoms with Gasteiger partial charge in [0.1, 0.15) is 0 Å². The van der Waals surface area contributed by atoms with Crippen molar-refractivity contribution < 1.29 is 0 Å². The summed E-state index contributed by atoms with van der Waals surface area (Å²) < 4.78 is 0. The molecule has 1 N–H and O–H groups in total. The SMILES string of the molecule is CN(/N=C\c1cccs1)C(=S)NCc1ccccc1. The lowest BCUT2D eigenvalue weighted by Gasteiger charge is -2.15. The summed E-state index contributed by atoms with van der Waals surface area (Å²) in [5.74, 6) is 0. The minimum atomic E-state index is 0.608. The molecule has 0 radical (unpaired) electrons. The molecular formula is C14H15N3S2. The van der Waals surface area contributed by atoms with Crippen molar-refractivity contribution in [2.45, 2.75) is 6.54 Å². The molecule has 0 aliphatic rings. The molecule has 2 aromatic rings. The minimum Gasteiger partial charge on any atom is -0.357 e. The number of hydrazone groups is 1. The molecule has 0 saturated carbocycles. The van der Waals surface area contributed by atoms with Crippen molar-refractivity contribution >= 4 is 34.9 Å². The fraction of sp³-hybridized carbons (Fsp3) is 0.143. The second kappa shape index (κ2) is 7.01. The summed E-state index contributed by atoms with van der Waals surface area (Å²) in [6.45, 7) is 0.707. The fourth-order valence-corrected chi connectivity index (χ4v) is 2.15. The summed E-state index contributed by atoms with van der Waals surface area (Å²) in [4.78, 5) is 1.11. The molecule has 0 unspecified atom stereocenters. The molecule has 0 saturated heterocycles. The first-order valence-corrected chi connectivity index (χ1v) is 7.17. The van der Waals surface area contributed by atoms with Crippen LogP contribution in [0.3, 0.4) is 0 Å². The van der Waals surface area contributed by atoms with Gasteiger partial charge < -0.3 is 5.32 Å². The maximum Gasteiger partial charge on any atom is 0.189 e. The lowest BCUT2D eigenvalue weighted by atomic mass is 10.2. The van der Waals surface area contributed by atoms with Crippen molar-refractivity contribution in [1.82, 2.24) is 10.3 Å². The molecule has 0 amide bonds. The monoisotopic (exact) mass is 289 g/mol. The number of benzene rings is 1. The van der Waals surface area contributed by atoms with E-state index >= 15 is 0 Å². The van der Waals surface area contributed by atoms with E-state index in [0.29, 0.717) is 11.7 Å². The van der Waals surface area contributed by atoms with Gasteiger partial charge in [0.15, 0.2) is 5.11 Å². The van der Waals surface area contributed by atoms with Gasteiger partial charge in [-0.3, -0.25) is 0 Å². The Morgan fingerprint density at radius 2 is 2.11 bits per heavy atom. The van der Waals surface area contributed by atoms with Crippen LogP contribution < -0.4 is 5.32 Å². The van der Waals surface area contributed by atoms with Crippen LogP contribution in [0.1, 0.15) is 10.4 Å². The van der Waals surface area contributed by atoms with Crippen molar-refractivity contribution in [2.24, 2.45) is 5.10 Å². The largest absolute Gasteiger partial charge is 0.357 e. The van der Waals surface area contributed by atoms with Crippen LogP contribution in [0.4, 0.5) is 0 Å². The van der Waals surface area contributed by atoms with Crippen LogP contribution >= 0.6 is 23.6 Å². The van der Waals surface area contributed by atoms with Gasteiger partial charge in [0.05, 0.1) is 6.21 Å². The minimum absolute atomic E-state index is 0.608. The molecule has 5 heteroatoms. The molecule has 0 aliphatic carbocycles. The molecule has 0 bridgehead atoms. The third-order valence-corrected chi connectivity index (χ3v) is 3.70. The van der Waals surface area contributed by atoms with Gasteiger partial charge in [-0.05, 0) is 29.2 Å². The first-order chi connectivity index (χ1) is 9.25. The van der Waals surface area contributed by atoms with Gasteiger partial charge in [0.25, 0.3) is 0 Å². The van der Waals surface area contributed by atoms with E-state index in [9.17, 15) is 0 Å². The van der Waals surface area contributed by atoms with Crippen LogP contribution in [-0.4, -0.2) is 23.4 Å². The number of thiophene rings is 1. The lowest BCUT2D eigenvalue weighted by molar-refractivity contribution is 0.532. The van der Waals surface area contributed by atoms with E-state index in [1.807, 2.05) is 42.8 Å². The summed E-state index contributed by atoms with van der Waals surface area (Å²) in [5.41, 5.74) is 1.19. The zero-order valence-electron chi connectivity index (χ0n) is 10.6. The molecule has 1 aromatic carbocycles. The normalized spacial score (nSPS) is 10.6. The molecule has 0 spiro atoms. The number of hydrogen-bond acceptors (Lipinski definition) is 3. The van der Waals surface area contributed by atoms with Gasteiger partial charge in [0, 0.05) is 18.5 Å². The summed E-state index contributed by atoms with van der Waals surface area (Å²) in [6.07, 6.45) is 1.81. The van der Waals surface area contributed by atoms with E-state index in [-0.39, 0.29) is 0 Å². The highest BCUT2D eigenvalue weighted by Gasteiger charge is 2.01. The van der Waals surface area contributed by atoms with Gasteiger partial charge in [-0.1, -0.05) is 36.4 Å². The number of rotatable bonds is 4. The standard InChI is InChI=1S/C14H15N3S2/c1-17(16-11-13-8-5-9-19-13)14(18)15-10-12-6-3-2-4-7-12/h2-9,11H,10H2,1H3,(H,15,18)/b16-11-. The molecule has 1 aromatic heterocycles. The molecule has 1 heterocycles. The van der Waals surface area contributed by atoms with Crippen molar-refractivity contribution in [3.8, 4) is 0 Å². The van der Waals surface area contributed by atoms with E-state index in [4.69, 9.17) is 12.2 Å². The quantitative estimate of drug-likeness (QED) is 0.532. The number of nitrogens with one attached hydrogen (secondary N) is 1. The van der Waals surface area contributed by atoms with Gasteiger partial charge in [-0.2, -0.15) is 5.10 Å². The Morgan fingerprint density at radius 3 is 2.79 bits per heavy atom. The molecule has 0 aliphatic heterocycles. The van der Waals surface area contributed by atoms with Gasteiger partial charge in [-0.15, -0.1) is 11.3 Å². The molecular weight excluding hydrogens is 274 g/mol. The van der Waals surface area contributed by atoms with Gasteiger partial charge in [0.2, 0.25) is 0 Å². The fourth-order valence-electron chi connectivity index (χ4n) is 1.45. The Kier molecular flexibility index (Phi) is 5.06. The van der Waals surface area contributed by atoms with E-state index in [2.05, 4.69) is 22.6 Å². The van der Waals surface area contributed by atoms with Crippen LogP contribution in [0, 0.1) is 0 Å². The average Bonchev–Trinajstić information content (AvgIpc) is 2.96. The van der Waals surface area contributed by atoms with E-state index < -0.39 is 0 Å². The summed E-state index contributed by atoms with van der Waals surface area (Å²) in [6, 6.07) is 14.2. The Hall–Kier alpha value is -1.72. The van der Waals surface area contributed by atoms with E-state index in [1.54, 1.807) is 22.6 Å². The van der Waals surface area contributed by atoms with Gasteiger partial charge in [-0.25, -0.2) is 5.01 Å². The van der Waals surface area contributed by atoms with Gasteiger partial charge >= 0.3 is 0 Å². The third-order valence-electron chi connectivity index (χ3n) is 2.48. The Bertz CT molecular complexity index is 535. The second-order valence-corrected chi connectivity index (χ2v) is 5.29. The van der Waals surface area contributed by atoms with Crippen LogP contribution in [0.15, 0.2) is 52.9 Å². The van der Waals surface area contributed by atoms with Crippen molar-refractivity contribution in [3.05, 3.63) is 58.3 Å². The molecule has 19 heavy (non-hydrogen) atoms. The number of nitrogens with zero attached hydrogens (tertiary/aromatic N) is 2. The Morgan fingerprint density at radius 1 is 1.32 bits per heavy atom. The smallest absolute Gasteiger partial charge is 0.189 e. The van der Waals surface area contributed by atoms with Crippen molar-refractivity contribution in [3.63, 3.8) is 0 Å². The molecule has 2 rings (SSSR count). The van der Waals surface area contributed by atoms with Crippen LogP contribution in [0.5, 0.6) is 0 Å². The Labute approximate surface area is 122 Å². The summed E-state index contributed by atoms with van der Waals surface area (Å²) in [5, 5.41) is 11.8. The van der Waals surface area contributed by atoms with E-state index in [0.717, 1.165) is 4.88 Å². The first-order valence-electron chi connectivity index (χ1n) is 5.88. The number of thiocarbonyl (C=S) groups is 1. The zero-order chi connectivity index (χ0) is 13.5. The third kappa shape index (κ3) is 4.46. The topological polar surface area (TPSA) is 27.6 Å². The summed E-state index contributed by atoms with van der Waals surface area (Å²) in [7, 11) is 1.84. The maximum atomic E-state index is 5.28. The second-order valence-electron chi connectivity index (χ2n) is 3.93. The van der Waals surface area contributed by atoms with Crippen LogP contribution in [0.2, 0.25) is 0 Å². The van der Waals surface area contributed by atoms with Crippen LogP contribution in [-0.2, 0) is 6.54 Å². The number of hydrogen-bond donors (Lipinski definition) is 1. The highest BCUT2D eigenvalue weighted by Crippen LogP contribution is 2.05. The highest BCUT2D eigenvalue weighted by molar-refractivity contribution is 7.80. The van der Waals surface area contributed by atoms with Crippen molar-refractivity contribution in [2.75, 3.05) is 7.05 Å². The zero-order valence-corrected chi connectivity index (χ0v) is 12.2. The predicted molar refractivity (Wildman–Crippen MR) is 85.6 cm³/mol. The molecule has 0 fully saturated rings. The molecule has 3 nitrogen and oxygen atoms in total. The van der Waals surface area contributed by atoms with E-state index in [1.165, 1.54) is 5.56 Å². The maximum absolute atomic E-state index is 5.28. The lowest BCUT2D eigenvalue weighted by Crippen LogP contribution is -2.33. The molecule has 98 valence electrons. The first kappa shape index (κ1) is 13.7. The summed E-state index contributed by atoms with van der Waals surface area (Å²) >= 11 is 6.92. The van der Waals surface area contributed by atoms with Crippen LogP contribution in [0.25, 0.3) is 0 Å². The Balaban J connectivity index is 1.83. The molecule has 0 atom stereocenters.